The van der Waals surface area contributed by atoms with E-state index in [2.05, 4.69) is 13.8 Å². The van der Waals surface area contributed by atoms with Gasteiger partial charge in [0.25, 0.3) is 5.79 Å². The maximum atomic E-state index is 6.39. The van der Waals surface area contributed by atoms with Crippen molar-refractivity contribution in [3.05, 3.63) is 48.5 Å². The van der Waals surface area contributed by atoms with Gasteiger partial charge >= 0.3 is 0 Å². The Bertz CT molecular complexity index is 566. The first kappa shape index (κ1) is 19.0. The average molecular weight is 342 g/mol. The molecule has 0 fully saturated rings. The highest BCUT2D eigenvalue weighted by molar-refractivity contribution is 5.43. The molecule has 0 bridgehead atoms. The molecule has 25 heavy (non-hydrogen) atoms. The molecule has 0 radical (unpaired) electrons. The van der Waals surface area contributed by atoms with Gasteiger partial charge in [-0.05, 0) is 61.4 Å². The average Bonchev–Trinajstić information content (AvgIpc) is 2.62. The summed E-state index contributed by atoms with van der Waals surface area (Å²) in [4.78, 5) is 0. The summed E-state index contributed by atoms with van der Waals surface area (Å²) in [5, 5.41) is 0. The van der Waals surface area contributed by atoms with Crippen molar-refractivity contribution in [2.75, 3.05) is 11.5 Å². The van der Waals surface area contributed by atoms with Gasteiger partial charge in [-0.1, -0.05) is 26.7 Å². The zero-order valence-corrected chi connectivity index (χ0v) is 15.3. The minimum Gasteiger partial charge on any atom is -0.452 e. The van der Waals surface area contributed by atoms with E-state index in [0.29, 0.717) is 0 Å². The van der Waals surface area contributed by atoms with Gasteiger partial charge in [-0.15, -0.1) is 0 Å². The van der Waals surface area contributed by atoms with Gasteiger partial charge in [0, 0.05) is 24.2 Å². The van der Waals surface area contributed by atoms with Crippen LogP contribution in [0.25, 0.3) is 0 Å². The van der Waals surface area contributed by atoms with Crippen LogP contribution in [0, 0.1) is 0 Å². The van der Waals surface area contributed by atoms with Crippen LogP contribution in [0.1, 0.15) is 52.4 Å². The van der Waals surface area contributed by atoms with Crippen molar-refractivity contribution in [2.24, 2.45) is 0 Å². The van der Waals surface area contributed by atoms with Crippen molar-refractivity contribution < 1.29 is 9.47 Å². The molecule has 0 saturated heterocycles. The molecule has 0 heterocycles. The molecule has 4 heteroatoms. The number of hydrogen-bond acceptors (Lipinski definition) is 4. The Morgan fingerprint density at radius 2 is 1.04 bits per heavy atom. The van der Waals surface area contributed by atoms with Crippen LogP contribution < -0.4 is 20.9 Å². The Kier molecular flexibility index (Phi) is 6.99. The van der Waals surface area contributed by atoms with Crippen molar-refractivity contribution in [1.29, 1.82) is 0 Å². The van der Waals surface area contributed by atoms with Gasteiger partial charge in [-0.25, -0.2) is 0 Å². The SMILES string of the molecule is CCCCC(CCCC)(Oc1ccc(N)cc1)Oc1ccc(N)cc1. The van der Waals surface area contributed by atoms with E-state index in [1.54, 1.807) is 0 Å². The molecule has 0 unspecified atom stereocenters. The van der Waals surface area contributed by atoms with Crippen LogP contribution in [0.5, 0.6) is 11.5 Å². The molecular weight excluding hydrogens is 312 g/mol. The van der Waals surface area contributed by atoms with Crippen molar-refractivity contribution in [2.45, 2.75) is 58.2 Å². The van der Waals surface area contributed by atoms with Crippen LogP contribution in [-0.2, 0) is 0 Å². The topological polar surface area (TPSA) is 70.5 Å². The number of nitrogens with two attached hydrogens (primary N) is 2. The lowest BCUT2D eigenvalue weighted by atomic mass is 10.0. The fourth-order valence-electron chi connectivity index (χ4n) is 2.74. The standard InChI is InChI=1S/C21H30N2O2/c1-3-5-15-21(16-6-4-2,24-19-11-7-17(22)8-12-19)25-20-13-9-18(23)10-14-20/h7-14H,3-6,15-16,22-23H2,1-2H3. The second-order valence-electron chi connectivity index (χ2n) is 6.46. The second kappa shape index (κ2) is 9.21. The van der Waals surface area contributed by atoms with Crippen molar-refractivity contribution in [1.82, 2.24) is 0 Å². The Morgan fingerprint density at radius 3 is 1.36 bits per heavy atom. The van der Waals surface area contributed by atoms with Crippen LogP contribution >= 0.6 is 0 Å². The molecule has 0 saturated carbocycles. The van der Waals surface area contributed by atoms with Gasteiger partial charge in [-0.2, -0.15) is 0 Å². The number of unbranched alkanes of at least 4 members (excludes halogenated alkanes) is 2. The first-order valence-corrected chi connectivity index (χ1v) is 9.16. The molecule has 4 N–H and O–H groups in total. The molecule has 0 aliphatic carbocycles. The first-order valence-electron chi connectivity index (χ1n) is 9.16. The summed E-state index contributed by atoms with van der Waals surface area (Å²) in [5.41, 5.74) is 13.0. The highest BCUT2D eigenvalue weighted by atomic mass is 16.7. The summed E-state index contributed by atoms with van der Waals surface area (Å²) in [6, 6.07) is 15.0. The van der Waals surface area contributed by atoms with Gasteiger partial charge in [0.2, 0.25) is 0 Å². The molecule has 136 valence electrons. The van der Waals surface area contributed by atoms with E-state index in [9.17, 15) is 0 Å². The molecule has 0 amide bonds. The zero-order valence-electron chi connectivity index (χ0n) is 15.3. The zero-order chi connectivity index (χ0) is 18.1. The smallest absolute Gasteiger partial charge is 0.251 e. The number of nitrogen functional groups attached to an aromatic ring is 2. The lowest BCUT2D eigenvalue weighted by molar-refractivity contribution is -0.127. The second-order valence-corrected chi connectivity index (χ2v) is 6.46. The Hall–Kier alpha value is -2.36. The van der Waals surface area contributed by atoms with Gasteiger partial charge in [-0.3, -0.25) is 0 Å². The van der Waals surface area contributed by atoms with Crippen LogP contribution in [0.4, 0.5) is 11.4 Å². The molecule has 0 aromatic heterocycles. The minimum absolute atomic E-state index is 0.682. The molecule has 2 aromatic carbocycles. The monoisotopic (exact) mass is 342 g/mol. The van der Waals surface area contributed by atoms with Crippen molar-refractivity contribution in [3.8, 4) is 11.5 Å². The normalized spacial score (nSPS) is 11.3. The fourth-order valence-corrected chi connectivity index (χ4v) is 2.74. The number of benzene rings is 2. The van der Waals surface area contributed by atoms with E-state index < -0.39 is 5.79 Å². The lowest BCUT2D eigenvalue weighted by Gasteiger charge is -2.35. The fraction of sp³-hybridized carbons (Fsp3) is 0.429. The molecular formula is C21H30N2O2. The molecule has 0 aliphatic heterocycles. The predicted octanol–water partition coefficient (Wildman–Crippen LogP) is 5.39. The quantitative estimate of drug-likeness (QED) is 0.449. The van der Waals surface area contributed by atoms with Crippen molar-refractivity contribution >= 4 is 11.4 Å². The summed E-state index contributed by atoms with van der Waals surface area (Å²) < 4.78 is 12.8. The highest BCUT2D eigenvalue weighted by Gasteiger charge is 2.34. The van der Waals surface area contributed by atoms with E-state index in [0.717, 1.165) is 61.4 Å². The molecule has 0 spiro atoms. The summed E-state index contributed by atoms with van der Waals surface area (Å²) in [6.07, 6.45) is 5.91. The van der Waals surface area contributed by atoms with E-state index in [1.165, 1.54) is 0 Å². The largest absolute Gasteiger partial charge is 0.452 e. The molecule has 0 aliphatic rings. The number of anilines is 2. The van der Waals surface area contributed by atoms with E-state index >= 15 is 0 Å². The summed E-state index contributed by atoms with van der Waals surface area (Å²) in [7, 11) is 0. The van der Waals surface area contributed by atoms with Crippen molar-refractivity contribution in [3.63, 3.8) is 0 Å². The minimum atomic E-state index is -0.682. The van der Waals surface area contributed by atoms with Crippen LogP contribution in [-0.4, -0.2) is 5.79 Å². The predicted molar refractivity (Wildman–Crippen MR) is 105 cm³/mol. The molecule has 4 nitrogen and oxygen atoms in total. The van der Waals surface area contributed by atoms with Gasteiger partial charge in [0.1, 0.15) is 11.5 Å². The van der Waals surface area contributed by atoms with E-state index in [-0.39, 0.29) is 0 Å². The summed E-state index contributed by atoms with van der Waals surface area (Å²) >= 11 is 0. The first-order chi connectivity index (χ1) is 12.1. The van der Waals surface area contributed by atoms with Gasteiger partial charge in [0.05, 0.1) is 0 Å². The number of hydrogen-bond donors (Lipinski definition) is 2. The van der Waals surface area contributed by atoms with Gasteiger partial charge in [0.15, 0.2) is 0 Å². The molecule has 0 atom stereocenters. The summed E-state index contributed by atoms with van der Waals surface area (Å²) in [5.74, 6) is 0.867. The van der Waals surface area contributed by atoms with Crippen LogP contribution in [0.2, 0.25) is 0 Å². The van der Waals surface area contributed by atoms with Crippen LogP contribution in [0.15, 0.2) is 48.5 Å². The van der Waals surface area contributed by atoms with Crippen LogP contribution in [0.3, 0.4) is 0 Å². The Morgan fingerprint density at radius 1 is 0.680 bits per heavy atom. The van der Waals surface area contributed by atoms with E-state index in [1.807, 2.05) is 48.5 Å². The van der Waals surface area contributed by atoms with Gasteiger partial charge < -0.3 is 20.9 Å². The number of rotatable bonds is 10. The lowest BCUT2D eigenvalue weighted by Crippen LogP contribution is -2.42. The number of ether oxygens (including phenoxy) is 2. The Balaban J connectivity index is 2.27. The Labute approximate surface area is 151 Å². The maximum Gasteiger partial charge on any atom is 0.251 e. The third-order valence-corrected chi connectivity index (χ3v) is 4.19. The summed E-state index contributed by atoms with van der Waals surface area (Å²) in [6.45, 7) is 4.36. The highest BCUT2D eigenvalue weighted by Crippen LogP contribution is 2.32. The molecule has 2 rings (SSSR count). The maximum absolute atomic E-state index is 6.39. The van der Waals surface area contributed by atoms with E-state index in [4.69, 9.17) is 20.9 Å². The third kappa shape index (κ3) is 5.89. The third-order valence-electron chi connectivity index (χ3n) is 4.19. The molecule has 2 aromatic rings.